The summed E-state index contributed by atoms with van der Waals surface area (Å²) in [7, 11) is 0. The lowest BCUT2D eigenvalue weighted by molar-refractivity contribution is 0.00294. The smallest absolute Gasteiger partial charge is 0.203 e. The van der Waals surface area contributed by atoms with Gasteiger partial charge in [-0.1, -0.05) is 0 Å². The molecule has 18 heavy (non-hydrogen) atoms. The zero-order valence-corrected chi connectivity index (χ0v) is 10.6. The maximum absolute atomic E-state index is 5.54. The van der Waals surface area contributed by atoms with Crippen molar-refractivity contribution in [1.82, 2.24) is 19.6 Å². The van der Waals surface area contributed by atoms with Crippen molar-refractivity contribution in [2.45, 2.75) is 38.8 Å². The maximum atomic E-state index is 5.54. The van der Waals surface area contributed by atoms with Crippen LogP contribution in [0, 0.1) is 6.92 Å². The van der Waals surface area contributed by atoms with E-state index in [0.717, 1.165) is 36.7 Å². The first-order valence-electron chi connectivity index (χ1n) is 6.32. The SMILES string of the molecule is CCOC1CC(Nc2nccn3c(C)nnc23)C1. The lowest BCUT2D eigenvalue weighted by atomic mass is 9.89. The Labute approximate surface area is 105 Å². The van der Waals surface area contributed by atoms with E-state index in [1.54, 1.807) is 6.20 Å². The number of hydrogen-bond donors (Lipinski definition) is 1. The Hall–Kier alpha value is -1.69. The summed E-state index contributed by atoms with van der Waals surface area (Å²) in [5.74, 6) is 1.68. The highest BCUT2D eigenvalue weighted by Gasteiger charge is 2.30. The molecule has 0 atom stereocenters. The highest BCUT2D eigenvalue weighted by atomic mass is 16.5. The average molecular weight is 247 g/mol. The van der Waals surface area contributed by atoms with Crippen molar-refractivity contribution in [3.05, 3.63) is 18.2 Å². The van der Waals surface area contributed by atoms with Gasteiger partial charge >= 0.3 is 0 Å². The van der Waals surface area contributed by atoms with E-state index in [9.17, 15) is 0 Å². The number of fused-ring (bicyclic) bond motifs is 1. The van der Waals surface area contributed by atoms with Crippen LogP contribution in [0.15, 0.2) is 12.4 Å². The van der Waals surface area contributed by atoms with Crippen LogP contribution in [0.4, 0.5) is 5.82 Å². The van der Waals surface area contributed by atoms with Crippen molar-refractivity contribution in [2.24, 2.45) is 0 Å². The van der Waals surface area contributed by atoms with Crippen molar-refractivity contribution in [3.63, 3.8) is 0 Å². The molecule has 1 aliphatic carbocycles. The third-order valence-corrected chi connectivity index (χ3v) is 3.34. The van der Waals surface area contributed by atoms with Crippen molar-refractivity contribution in [3.8, 4) is 0 Å². The number of rotatable bonds is 4. The minimum absolute atomic E-state index is 0.395. The molecule has 0 spiro atoms. The Bertz CT molecular complexity index is 546. The molecule has 1 saturated carbocycles. The van der Waals surface area contributed by atoms with Gasteiger partial charge in [0.05, 0.1) is 6.10 Å². The van der Waals surface area contributed by atoms with Crippen molar-refractivity contribution in [2.75, 3.05) is 11.9 Å². The largest absolute Gasteiger partial charge is 0.378 e. The lowest BCUT2D eigenvalue weighted by Gasteiger charge is -2.35. The Morgan fingerprint density at radius 2 is 2.28 bits per heavy atom. The van der Waals surface area contributed by atoms with Crippen LogP contribution in [-0.2, 0) is 4.74 Å². The van der Waals surface area contributed by atoms with Crippen LogP contribution in [-0.4, -0.2) is 38.3 Å². The third-order valence-electron chi connectivity index (χ3n) is 3.34. The summed E-state index contributed by atoms with van der Waals surface area (Å²) in [6.07, 6.45) is 6.10. The molecule has 0 radical (unpaired) electrons. The number of nitrogens with zero attached hydrogens (tertiary/aromatic N) is 4. The predicted molar refractivity (Wildman–Crippen MR) is 67.6 cm³/mol. The van der Waals surface area contributed by atoms with E-state index >= 15 is 0 Å². The quantitative estimate of drug-likeness (QED) is 0.885. The van der Waals surface area contributed by atoms with Crippen molar-refractivity contribution >= 4 is 11.5 Å². The van der Waals surface area contributed by atoms with Gasteiger partial charge in [0.1, 0.15) is 5.82 Å². The monoisotopic (exact) mass is 247 g/mol. The molecule has 0 bridgehead atoms. The molecule has 3 rings (SSSR count). The van der Waals surface area contributed by atoms with Crippen molar-refractivity contribution < 1.29 is 4.74 Å². The number of aromatic nitrogens is 4. The van der Waals surface area contributed by atoms with Gasteiger partial charge in [-0.15, -0.1) is 10.2 Å². The molecule has 6 nitrogen and oxygen atoms in total. The van der Waals surface area contributed by atoms with E-state index in [-0.39, 0.29) is 0 Å². The van der Waals surface area contributed by atoms with Crippen molar-refractivity contribution in [1.29, 1.82) is 0 Å². The summed E-state index contributed by atoms with van der Waals surface area (Å²) in [4.78, 5) is 4.34. The van der Waals surface area contributed by atoms with E-state index in [1.165, 1.54) is 0 Å². The summed E-state index contributed by atoms with van der Waals surface area (Å²) in [5, 5.41) is 11.6. The molecule has 0 amide bonds. The van der Waals surface area contributed by atoms with Gasteiger partial charge in [0.25, 0.3) is 0 Å². The Kier molecular flexibility index (Phi) is 2.87. The molecule has 2 aromatic heterocycles. The first-order chi connectivity index (χ1) is 8.78. The second-order valence-corrected chi connectivity index (χ2v) is 4.61. The van der Waals surface area contributed by atoms with Crippen LogP contribution < -0.4 is 5.32 Å². The average Bonchev–Trinajstić information content (AvgIpc) is 2.70. The summed E-state index contributed by atoms with van der Waals surface area (Å²) in [6, 6.07) is 0.428. The minimum Gasteiger partial charge on any atom is -0.378 e. The first kappa shape index (κ1) is 11.4. The Morgan fingerprint density at radius 3 is 3.06 bits per heavy atom. The fourth-order valence-electron chi connectivity index (χ4n) is 2.29. The van der Waals surface area contributed by atoms with Crippen LogP contribution >= 0.6 is 0 Å². The van der Waals surface area contributed by atoms with Gasteiger partial charge in [-0.2, -0.15) is 0 Å². The van der Waals surface area contributed by atoms with Gasteiger partial charge in [-0.3, -0.25) is 4.40 Å². The number of anilines is 1. The molecule has 1 aliphatic rings. The molecule has 96 valence electrons. The number of hydrogen-bond acceptors (Lipinski definition) is 5. The highest BCUT2D eigenvalue weighted by Crippen LogP contribution is 2.27. The van der Waals surface area contributed by atoms with E-state index in [4.69, 9.17) is 4.74 Å². The van der Waals surface area contributed by atoms with Crippen LogP contribution in [0.5, 0.6) is 0 Å². The van der Waals surface area contributed by atoms with E-state index < -0.39 is 0 Å². The first-order valence-corrected chi connectivity index (χ1v) is 6.32. The molecule has 6 heteroatoms. The summed E-state index contributed by atoms with van der Waals surface area (Å²) in [6.45, 7) is 4.74. The summed E-state index contributed by atoms with van der Waals surface area (Å²) >= 11 is 0. The molecular formula is C12H17N5O. The molecule has 1 fully saturated rings. The van der Waals surface area contributed by atoms with Gasteiger partial charge in [-0.25, -0.2) is 4.98 Å². The molecule has 2 heterocycles. The summed E-state index contributed by atoms with van der Waals surface area (Å²) in [5.41, 5.74) is 0.787. The molecule has 0 aliphatic heterocycles. The lowest BCUT2D eigenvalue weighted by Crippen LogP contribution is -2.41. The zero-order chi connectivity index (χ0) is 12.5. The highest BCUT2D eigenvalue weighted by molar-refractivity contribution is 5.62. The molecule has 1 N–H and O–H groups in total. The van der Waals surface area contributed by atoms with Crippen LogP contribution in [0.3, 0.4) is 0 Å². The molecule has 0 unspecified atom stereocenters. The number of nitrogens with one attached hydrogen (secondary N) is 1. The number of ether oxygens (including phenoxy) is 1. The molecule has 2 aromatic rings. The van der Waals surface area contributed by atoms with Gasteiger partial charge in [0.2, 0.25) is 5.65 Å². The standard InChI is InChI=1S/C12H17N5O/c1-3-18-10-6-9(7-10)14-11-12-16-15-8(2)17(12)5-4-13-11/h4-5,9-10H,3,6-7H2,1-2H3,(H,13,14). The Balaban J connectivity index is 1.72. The third kappa shape index (κ3) is 1.92. The van der Waals surface area contributed by atoms with Crippen LogP contribution in [0.2, 0.25) is 0 Å². The zero-order valence-electron chi connectivity index (χ0n) is 10.6. The van der Waals surface area contributed by atoms with Gasteiger partial charge < -0.3 is 10.1 Å². The molecule has 0 saturated heterocycles. The fraction of sp³-hybridized carbons (Fsp3) is 0.583. The Morgan fingerprint density at radius 1 is 1.44 bits per heavy atom. The molecule has 0 aromatic carbocycles. The second kappa shape index (κ2) is 4.53. The maximum Gasteiger partial charge on any atom is 0.203 e. The summed E-state index contributed by atoms with van der Waals surface area (Å²) < 4.78 is 7.48. The molecular weight excluding hydrogens is 230 g/mol. The second-order valence-electron chi connectivity index (χ2n) is 4.61. The van der Waals surface area contributed by atoms with Gasteiger partial charge in [0, 0.05) is 25.0 Å². The van der Waals surface area contributed by atoms with E-state index in [0.29, 0.717) is 12.1 Å². The predicted octanol–water partition coefficient (Wildman–Crippen LogP) is 1.41. The number of aryl methyl sites for hydroxylation is 1. The van der Waals surface area contributed by atoms with Gasteiger partial charge in [0.15, 0.2) is 5.82 Å². The van der Waals surface area contributed by atoms with Crippen LogP contribution in [0.25, 0.3) is 5.65 Å². The normalized spacial score (nSPS) is 23.0. The van der Waals surface area contributed by atoms with Crippen LogP contribution in [0.1, 0.15) is 25.6 Å². The fourth-order valence-corrected chi connectivity index (χ4v) is 2.29. The minimum atomic E-state index is 0.395. The topological polar surface area (TPSA) is 64.3 Å². The van der Waals surface area contributed by atoms with E-state index in [1.807, 2.05) is 24.4 Å². The van der Waals surface area contributed by atoms with E-state index in [2.05, 4.69) is 20.5 Å². The van der Waals surface area contributed by atoms with Gasteiger partial charge in [-0.05, 0) is 26.7 Å².